The second-order valence-electron chi connectivity index (χ2n) is 5.85. The lowest BCUT2D eigenvalue weighted by molar-refractivity contribution is -0.125. The Bertz CT molecular complexity index is 751. The van der Waals surface area contributed by atoms with Crippen LogP contribution in [0, 0.1) is 11.6 Å². The van der Waals surface area contributed by atoms with E-state index in [4.69, 9.17) is 11.6 Å². The third-order valence-electron chi connectivity index (χ3n) is 4.31. The molecule has 24 heavy (non-hydrogen) atoms. The van der Waals surface area contributed by atoms with Crippen molar-refractivity contribution in [3.8, 4) is 0 Å². The van der Waals surface area contributed by atoms with Crippen LogP contribution in [0.5, 0.6) is 0 Å². The quantitative estimate of drug-likeness (QED) is 0.839. The standard InChI is InChI=1S/C18H17ClF2N2O/c1-12-18(24)23(16-6-3-14(19)4-7-16)9-8-22(12)11-13-2-5-15(20)10-17(13)21/h2-7,10,12H,8-9,11H2,1H3. The molecule has 126 valence electrons. The topological polar surface area (TPSA) is 23.6 Å². The van der Waals surface area contributed by atoms with Gasteiger partial charge in [0.05, 0.1) is 6.04 Å². The molecule has 1 unspecified atom stereocenters. The Morgan fingerprint density at radius 2 is 1.83 bits per heavy atom. The fraction of sp³-hybridized carbons (Fsp3) is 0.278. The maximum Gasteiger partial charge on any atom is 0.244 e. The number of anilines is 1. The van der Waals surface area contributed by atoms with Crippen LogP contribution in [0.25, 0.3) is 0 Å². The summed E-state index contributed by atoms with van der Waals surface area (Å²) in [5.74, 6) is -1.24. The van der Waals surface area contributed by atoms with E-state index in [2.05, 4.69) is 0 Å². The Labute approximate surface area is 144 Å². The number of rotatable bonds is 3. The van der Waals surface area contributed by atoms with Gasteiger partial charge in [-0.25, -0.2) is 8.78 Å². The summed E-state index contributed by atoms with van der Waals surface area (Å²) in [4.78, 5) is 16.2. The molecule has 0 saturated carbocycles. The normalized spacial score (nSPS) is 18.9. The van der Waals surface area contributed by atoms with Gasteiger partial charge in [-0.05, 0) is 37.3 Å². The molecule has 1 aliphatic rings. The van der Waals surface area contributed by atoms with Crippen molar-refractivity contribution in [1.29, 1.82) is 0 Å². The van der Waals surface area contributed by atoms with Gasteiger partial charge in [0.1, 0.15) is 11.6 Å². The molecule has 3 nitrogen and oxygen atoms in total. The third-order valence-corrected chi connectivity index (χ3v) is 4.56. The number of hydrogen-bond donors (Lipinski definition) is 0. The molecule has 1 amide bonds. The number of piperazine rings is 1. The van der Waals surface area contributed by atoms with Crippen LogP contribution >= 0.6 is 11.6 Å². The molecule has 0 aromatic heterocycles. The molecule has 1 fully saturated rings. The molecule has 1 aliphatic heterocycles. The van der Waals surface area contributed by atoms with Crippen molar-refractivity contribution in [3.63, 3.8) is 0 Å². The zero-order chi connectivity index (χ0) is 17.3. The van der Waals surface area contributed by atoms with Gasteiger partial charge in [-0.15, -0.1) is 0 Å². The van der Waals surface area contributed by atoms with Crippen molar-refractivity contribution in [2.24, 2.45) is 0 Å². The molecule has 0 spiro atoms. The Balaban J connectivity index is 1.73. The fourth-order valence-electron chi connectivity index (χ4n) is 2.88. The van der Waals surface area contributed by atoms with E-state index in [1.54, 1.807) is 24.0 Å². The van der Waals surface area contributed by atoms with Crippen LogP contribution in [0.2, 0.25) is 5.02 Å². The average Bonchev–Trinajstić information content (AvgIpc) is 2.55. The molecule has 1 heterocycles. The minimum absolute atomic E-state index is 0.0499. The van der Waals surface area contributed by atoms with Crippen LogP contribution in [0.3, 0.4) is 0 Å². The summed E-state index contributed by atoms with van der Waals surface area (Å²) in [6, 6.07) is 10.2. The van der Waals surface area contributed by atoms with Crippen molar-refractivity contribution < 1.29 is 13.6 Å². The minimum Gasteiger partial charge on any atom is -0.310 e. The fourth-order valence-corrected chi connectivity index (χ4v) is 3.00. The predicted octanol–water partition coefficient (Wildman–Crippen LogP) is 3.86. The summed E-state index contributed by atoms with van der Waals surface area (Å²) in [5.41, 5.74) is 1.18. The maximum absolute atomic E-state index is 13.8. The zero-order valence-corrected chi connectivity index (χ0v) is 13.9. The molecule has 1 saturated heterocycles. The first-order chi connectivity index (χ1) is 11.5. The van der Waals surface area contributed by atoms with Crippen molar-refractivity contribution in [1.82, 2.24) is 4.90 Å². The largest absolute Gasteiger partial charge is 0.310 e. The zero-order valence-electron chi connectivity index (χ0n) is 13.2. The first kappa shape index (κ1) is 16.9. The highest BCUT2D eigenvalue weighted by atomic mass is 35.5. The van der Waals surface area contributed by atoms with Gasteiger partial charge in [0.25, 0.3) is 0 Å². The van der Waals surface area contributed by atoms with Crippen LogP contribution in [-0.2, 0) is 11.3 Å². The first-order valence-electron chi connectivity index (χ1n) is 7.70. The summed E-state index contributed by atoms with van der Waals surface area (Å²) in [7, 11) is 0. The van der Waals surface area contributed by atoms with Crippen LogP contribution in [0.1, 0.15) is 12.5 Å². The van der Waals surface area contributed by atoms with Gasteiger partial charge in [0.2, 0.25) is 5.91 Å². The van der Waals surface area contributed by atoms with Crippen molar-refractivity contribution in [3.05, 3.63) is 64.7 Å². The van der Waals surface area contributed by atoms with Crippen LogP contribution in [0.15, 0.2) is 42.5 Å². The summed E-state index contributed by atoms with van der Waals surface area (Å²) < 4.78 is 26.8. The predicted molar refractivity (Wildman–Crippen MR) is 90.0 cm³/mol. The Kier molecular flexibility index (Phi) is 4.83. The molecular weight excluding hydrogens is 334 g/mol. The Morgan fingerprint density at radius 3 is 2.50 bits per heavy atom. The lowest BCUT2D eigenvalue weighted by atomic mass is 10.1. The Hall–Kier alpha value is -1.98. The smallest absolute Gasteiger partial charge is 0.244 e. The lowest BCUT2D eigenvalue weighted by Gasteiger charge is -2.39. The van der Waals surface area contributed by atoms with Gasteiger partial charge in [0, 0.05) is 42.0 Å². The SMILES string of the molecule is CC1C(=O)N(c2ccc(Cl)cc2)CCN1Cc1ccc(F)cc1F. The Morgan fingerprint density at radius 1 is 1.12 bits per heavy atom. The van der Waals surface area contributed by atoms with Crippen molar-refractivity contribution >= 4 is 23.2 Å². The molecule has 0 radical (unpaired) electrons. The van der Waals surface area contributed by atoms with E-state index < -0.39 is 11.6 Å². The molecule has 6 heteroatoms. The van der Waals surface area contributed by atoms with Gasteiger partial charge in [-0.3, -0.25) is 9.69 Å². The number of carbonyl (C=O) groups excluding carboxylic acids is 1. The number of carbonyl (C=O) groups is 1. The molecular formula is C18H17ClF2N2O. The van der Waals surface area contributed by atoms with Gasteiger partial charge in [-0.1, -0.05) is 17.7 Å². The van der Waals surface area contributed by atoms with Crippen LogP contribution in [0.4, 0.5) is 14.5 Å². The molecule has 1 atom stereocenters. The van der Waals surface area contributed by atoms with E-state index in [1.165, 1.54) is 12.1 Å². The van der Waals surface area contributed by atoms with Crippen molar-refractivity contribution in [2.45, 2.75) is 19.5 Å². The van der Waals surface area contributed by atoms with E-state index in [0.717, 1.165) is 11.8 Å². The van der Waals surface area contributed by atoms with Gasteiger partial charge < -0.3 is 4.90 Å². The van der Waals surface area contributed by atoms with Gasteiger partial charge in [-0.2, -0.15) is 0 Å². The van der Waals surface area contributed by atoms with E-state index >= 15 is 0 Å². The second-order valence-corrected chi connectivity index (χ2v) is 6.28. The third kappa shape index (κ3) is 3.42. The molecule has 2 aromatic carbocycles. The summed E-state index contributed by atoms with van der Waals surface area (Å²) in [5, 5.41) is 0.615. The van der Waals surface area contributed by atoms with Gasteiger partial charge in [0.15, 0.2) is 0 Å². The molecule has 0 aliphatic carbocycles. The van der Waals surface area contributed by atoms with Crippen LogP contribution in [-0.4, -0.2) is 29.9 Å². The summed E-state index contributed by atoms with van der Waals surface area (Å²) >= 11 is 5.88. The summed E-state index contributed by atoms with van der Waals surface area (Å²) in [6.45, 7) is 3.18. The van der Waals surface area contributed by atoms with Gasteiger partial charge >= 0.3 is 0 Å². The van der Waals surface area contributed by atoms with E-state index in [9.17, 15) is 13.6 Å². The van der Waals surface area contributed by atoms with E-state index in [1.807, 2.05) is 17.0 Å². The number of amides is 1. The molecule has 2 aromatic rings. The maximum atomic E-state index is 13.8. The van der Waals surface area contributed by atoms with Crippen molar-refractivity contribution in [2.75, 3.05) is 18.0 Å². The lowest BCUT2D eigenvalue weighted by Crippen LogP contribution is -2.55. The number of benzene rings is 2. The summed E-state index contributed by atoms with van der Waals surface area (Å²) in [6.07, 6.45) is 0. The molecule has 0 bridgehead atoms. The number of nitrogens with zero attached hydrogens (tertiary/aromatic N) is 2. The van der Waals surface area contributed by atoms with E-state index in [0.29, 0.717) is 23.7 Å². The highest BCUT2D eigenvalue weighted by Crippen LogP contribution is 2.24. The monoisotopic (exact) mass is 350 g/mol. The second kappa shape index (κ2) is 6.87. The van der Waals surface area contributed by atoms with Crippen LogP contribution < -0.4 is 4.90 Å². The highest BCUT2D eigenvalue weighted by Gasteiger charge is 2.32. The van der Waals surface area contributed by atoms with E-state index in [-0.39, 0.29) is 18.5 Å². The molecule has 0 N–H and O–H groups in total. The minimum atomic E-state index is -0.604. The number of hydrogen-bond acceptors (Lipinski definition) is 2. The first-order valence-corrected chi connectivity index (χ1v) is 8.08. The molecule has 3 rings (SSSR count). The number of halogens is 3. The average molecular weight is 351 g/mol. The highest BCUT2D eigenvalue weighted by molar-refractivity contribution is 6.30.